The maximum absolute atomic E-state index is 12.5. The van der Waals surface area contributed by atoms with Gasteiger partial charge in [0.05, 0.1) is 7.11 Å². The number of rotatable bonds is 6. The molecule has 2 rings (SSSR count). The fourth-order valence-electron chi connectivity index (χ4n) is 2.58. The summed E-state index contributed by atoms with van der Waals surface area (Å²) in [5.74, 6) is -0.00746. The van der Waals surface area contributed by atoms with E-state index in [9.17, 15) is 9.59 Å². The van der Waals surface area contributed by atoms with E-state index in [4.69, 9.17) is 4.74 Å². The van der Waals surface area contributed by atoms with E-state index in [1.165, 1.54) is 7.11 Å². The van der Waals surface area contributed by atoms with Gasteiger partial charge in [-0.15, -0.1) is 0 Å². The third kappa shape index (κ3) is 2.67. The third-order valence-electron chi connectivity index (χ3n) is 3.66. The summed E-state index contributed by atoms with van der Waals surface area (Å²) in [7, 11) is 1.46. The Kier molecular flexibility index (Phi) is 4.72. The van der Waals surface area contributed by atoms with Gasteiger partial charge in [0.15, 0.2) is 11.5 Å². The fraction of sp³-hybridized carbons (Fsp3) is 0.412. The number of unbranched alkanes of at least 4 members (excludes halogenated alkanes) is 3. The Morgan fingerprint density at radius 2 is 1.60 bits per heavy atom. The molecule has 106 valence electrons. The van der Waals surface area contributed by atoms with Crippen LogP contribution in [0.2, 0.25) is 0 Å². The number of methoxy groups -OCH3 is 1. The fourth-order valence-corrected chi connectivity index (χ4v) is 2.58. The molecule has 0 bridgehead atoms. The molecule has 1 aromatic rings. The summed E-state index contributed by atoms with van der Waals surface area (Å²) in [6.45, 7) is 2.14. The van der Waals surface area contributed by atoms with Crippen LogP contribution in [0.15, 0.2) is 35.6 Å². The lowest BCUT2D eigenvalue weighted by Gasteiger charge is -2.19. The van der Waals surface area contributed by atoms with E-state index in [-0.39, 0.29) is 17.3 Å². The smallest absolute Gasteiger partial charge is 0.228 e. The van der Waals surface area contributed by atoms with E-state index >= 15 is 0 Å². The number of carbonyl (C=O) groups is 2. The largest absolute Gasteiger partial charge is 0.492 e. The number of carbonyl (C=O) groups excluding carboxylic acids is 2. The summed E-state index contributed by atoms with van der Waals surface area (Å²) >= 11 is 0. The number of hydrogen-bond donors (Lipinski definition) is 0. The number of benzene rings is 1. The van der Waals surface area contributed by atoms with Crippen LogP contribution < -0.4 is 0 Å². The predicted octanol–water partition coefficient (Wildman–Crippen LogP) is 3.94. The molecule has 3 heteroatoms. The molecule has 0 heterocycles. The van der Waals surface area contributed by atoms with E-state index in [0.717, 1.165) is 25.7 Å². The summed E-state index contributed by atoms with van der Waals surface area (Å²) in [6, 6.07) is 6.95. The van der Waals surface area contributed by atoms with Crippen LogP contribution in [0.3, 0.4) is 0 Å². The van der Waals surface area contributed by atoms with Gasteiger partial charge in [0.1, 0.15) is 0 Å². The van der Waals surface area contributed by atoms with Gasteiger partial charge in [-0.05, 0) is 12.8 Å². The van der Waals surface area contributed by atoms with Crippen LogP contribution in [0.25, 0.3) is 0 Å². The van der Waals surface area contributed by atoms with Crippen molar-refractivity contribution < 1.29 is 14.3 Å². The van der Waals surface area contributed by atoms with Crippen LogP contribution in [-0.4, -0.2) is 18.7 Å². The second kappa shape index (κ2) is 6.51. The summed E-state index contributed by atoms with van der Waals surface area (Å²) in [5, 5.41) is 0. The van der Waals surface area contributed by atoms with Crippen molar-refractivity contribution in [1.29, 1.82) is 0 Å². The van der Waals surface area contributed by atoms with E-state index in [0.29, 0.717) is 23.1 Å². The van der Waals surface area contributed by atoms with E-state index in [1.54, 1.807) is 24.3 Å². The van der Waals surface area contributed by atoms with Crippen LogP contribution in [0, 0.1) is 0 Å². The molecule has 0 aromatic heterocycles. The first-order chi connectivity index (χ1) is 9.70. The van der Waals surface area contributed by atoms with Gasteiger partial charge in [-0.2, -0.15) is 0 Å². The molecule has 3 nitrogen and oxygen atoms in total. The molecule has 0 saturated heterocycles. The minimum atomic E-state index is -0.173. The van der Waals surface area contributed by atoms with E-state index in [2.05, 4.69) is 6.92 Å². The standard InChI is InChI=1S/C17H20O3/c1-3-4-5-6-11-14-15(18)12-9-7-8-10-13(12)16(19)17(14)20-2/h7-10H,3-6,11H2,1-2H3. The lowest BCUT2D eigenvalue weighted by atomic mass is 9.86. The summed E-state index contributed by atoms with van der Waals surface area (Å²) < 4.78 is 5.21. The average Bonchev–Trinajstić information content (AvgIpc) is 2.48. The normalized spacial score (nSPS) is 14.5. The topological polar surface area (TPSA) is 43.4 Å². The highest BCUT2D eigenvalue weighted by molar-refractivity contribution is 6.26. The zero-order valence-electron chi connectivity index (χ0n) is 12.1. The van der Waals surface area contributed by atoms with Gasteiger partial charge in [0.25, 0.3) is 0 Å². The van der Waals surface area contributed by atoms with Gasteiger partial charge >= 0.3 is 0 Å². The van der Waals surface area contributed by atoms with Gasteiger partial charge in [-0.3, -0.25) is 9.59 Å². The first kappa shape index (κ1) is 14.5. The molecule has 0 saturated carbocycles. The van der Waals surface area contributed by atoms with Crippen molar-refractivity contribution in [2.75, 3.05) is 7.11 Å². The Hall–Kier alpha value is -1.90. The monoisotopic (exact) mass is 272 g/mol. The minimum Gasteiger partial charge on any atom is -0.492 e. The third-order valence-corrected chi connectivity index (χ3v) is 3.66. The Bertz CT molecular complexity index is 555. The van der Waals surface area contributed by atoms with E-state index in [1.807, 2.05) is 0 Å². The molecule has 0 unspecified atom stereocenters. The molecular weight excluding hydrogens is 252 g/mol. The highest BCUT2D eigenvalue weighted by Crippen LogP contribution is 2.29. The summed E-state index contributed by atoms with van der Waals surface area (Å²) in [6.07, 6.45) is 4.89. The van der Waals surface area contributed by atoms with Gasteiger partial charge in [0.2, 0.25) is 5.78 Å². The summed E-state index contributed by atoms with van der Waals surface area (Å²) in [4.78, 5) is 24.9. The highest BCUT2D eigenvalue weighted by Gasteiger charge is 2.32. The number of ether oxygens (including phenoxy) is 1. The Morgan fingerprint density at radius 3 is 2.20 bits per heavy atom. The quantitative estimate of drug-likeness (QED) is 0.737. The van der Waals surface area contributed by atoms with Crippen molar-refractivity contribution in [2.45, 2.75) is 39.0 Å². The number of ketones is 2. The molecule has 1 aromatic carbocycles. The maximum atomic E-state index is 12.5. The van der Waals surface area contributed by atoms with Gasteiger partial charge < -0.3 is 4.74 Å². The van der Waals surface area contributed by atoms with Crippen molar-refractivity contribution in [2.24, 2.45) is 0 Å². The zero-order valence-corrected chi connectivity index (χ0v) is 12.1. The lowest BCUT2D eigenvalue weighted by molar-refractivity contribution is 0.0902. The molecule has 1 aliphatic carbocycles. The maximum Gasteiger partial charge on any atom is 0.228 e. The number of allylic oxidation sites excluding steroid dienone is 2. The molecule has 20 heavy (non-hydrogen) atoms. The highest BCUT2D eigenvalue weighted by atomic mass is 16.5. The Morgan fingerprint density at radius 1 is 0.950 bits per heavy atom. The molecular formula is C17H20O3. The van der Waals surface area contributed by atoms with Crippen LogP contribution in [0.1, 0.15) is 59.7 Å². The van der Waals surface area contributed by atoms with Gasteiger partial charge in [0, 0.05) is 16.7 Å². The second-order valence-corrected chi connectivity index (χ2v) is 5.03. The van der Waals surface area contributed by atoms with E-state index < -0.39 is 0 Å². The predicted molar refractivity (Wildman–Crippen MR) is 77.9 cm³/mol. The first-order valence-electron chi connectivity index (χ1n) is 7.16. The van der Waals surface area contributed by atoms with Gasteiger partial charge in [-0.1, -0.05) is 50.5 Å². The van der Waals surface area contributed by atoms with Crippen molar-refractivity contribution in [3.05, 3.63) is 46.7 Å². The minimum absolute atomic E-state index is 0.0615. The molecule has 0 aliphatic heterocycles. The molecule has 0 atom stereocenters. The van der Waals surface area contributed by atoms with Crippen molar-refractivity contribution in [3.63, 3.8) is 0 Å². The average molecular weight is 272 g/mol. The molecule has 0 radical (unpaired) electrons. The molecule has 0 N–H and O–H groups in total. The van der Waals surface area contributed by atoms with Gasteiger partial charge in [-0.25, -0.2) is 0 Å². The zero-order chi connectivity index (χ0) is 14.5. The molecule has 0 fully saturated rings. The SMILES string of the molecule is CCCCCCC1=C(OC)C(=O)c2ccccc2C1=O. The number of Topliss-reactive ketones (excluding diaryl/α,β-unsaturated/α-hetero) is 2. The Labute approximate surface area is 119 Å². The summed E-state index contributed by atoms with van der Waals surface area (Å²) in [5.41, 5.74) is 1.49. The Balaban J connectivity index is 2.28. The second-order valence-electron chi connectivity index (χ2n) is 5.03. The molecule has 0 amide bonds. The van der Waals surface area contributed by atoms with Crippen molar-refractivity contribution >= 4 is 11.6 Å². The van der Waals surface area contributed by atoms with Crippen molar-refractivity contribution in [3.8, 4) is 0 Å². The number of fused-ring (bicyclic) bond motifs is 1. The molecule has 0 spiro atoms. The van der Waals surface area contributed by atoms with Crippen LogP contribution in [0.5, 0.6) is 0 Å². The lowest BCUT2D eigenvalue weighted by Crippen LogP contribution is -2.23. The van der Waals surface area contributed by atoms with Crippen molar-refractivity contribution in [1.82, 2.24) is 0 Å². The molecule has 1 aliphatic rings. The van der Waals surface area contributed by atoms with Crippen LogP contribution in [-0.2, 0) is 4.74 Å². The van der Waals surface area contributed by atoms with Crippen LogP contribution >= 0.6 is 0 Å². The number of hydrogen-bond acceptors (Lipinski definition) is 3. The first-order valence-corrected chi connectivity index (χ1v) is 7.16. The van der Waals surface area contributed by atoms with Crippen LogP contribution in [0.4, 0.5) is 0 Å².